The molecule has 18 heavy (non-hydrogen) atoms. The number of amides is 2. The predicted octanol–water partition coefficient (Wildman–Crippen LogP) is 0.931. The van der Waals surface area contributed by atoms with Crippen molar-refractivity contribution >= 4 is 29.1 Å². The number of halogens is 1. The summed E-state index contributed by atoms with van der Waals surface area (Å²) in [4.78, 5) is 23.1. The molecule has 1 aliphatic rings. The molecule has 0 aliphatic heterocycles. The molecule has 0 aromatic heterocycles. The van der Waals surface area contributed by atoms with Crippen LogP contribution < -0.4 is 16.4 Å². The van der Waals surface area contributed by atoms with Gasteiger partial charge in [-0.25, -0.2) is 0 Å². The normalized spacial score (nSPS) is 14.1. The Bertz CT molecular complexity index is 466. The highest BCUT2D eigenvalue weighted by Crippen LogP contribution is 2.18. The standard InChI is InChI=1S/C12H14ClN3O2/c13-8-3-7(4-9(14)5-8)12(18)15-6-11(17)16-10-1-2-10/h3-5,10H,1-2,6,14H2,(H,15,18)(H,16,17). The van der Waals surface area contributed by atoms with E-state index in [1.54, 1.807) is 6.07 Å². The summed E-state index contributed by atoms with van der Waals surface area (Å²) in [7, 11) is 0. The Kier molecular flexibility index (Phi) is 3.72. The predicted molar refractivity (Wildman–Crippen MR) is 69.4 cm³/mol. The number of anilines is 1. The molecule has 0 atom stereocenters. The minimum absolute atomic E-state index is 0.0399. The quantitative estimate of drug-likeness (QED) is 0.710. The van der Waals surface area contributed by atoms with Gasteiger partial charge in [-0.1, -0.05) is 11.6 Å². The van der Waals surface area contributed by atoms with Gasteiger partial charge in [-0.2, -0.15) is 0 Å². The molecule has 1 fully saturated rings. The van der Waals surface area contributed by atoms with Crippen LogP contribution in [0.1, 0.15) is 23.2 Å². The summed E-state index contributed by atoms with van der Waals surface area (Å²) in [6.07, 6.45) is 2.04. The van der Waals surface area contributed by atoms with Gasteiger partial charge in [-0.05, 0) is 31.0 Å². The third-order valence-electron chi connectivity index (χ3n) is 2.53. The van der Waals surface area contributed by atoms with E-state index >= 15 is 0 Å². The molecule has 0 heterocycles. The van der Waals surface area contributed by atoms with Crippen LogP contribution >= 0.6 is 11.6 Å². The van der Waals surface area contributed by atoms with E-state index in [2.05, 4.69) is 10.6 Å². The maximum absolute atomic E-state index is 11.7. The first-order valence-electron chi connectivity index (χ1n) is 5.68. The van der Waals surface area contributed by atoms with Crippen molar-refractivity contribution < 1.29 is 9.59 Å². The lowest BCUT2D eigenvalue weighted by Gasteiger charge is -2.07. The van der Waals surface area contributed by atoms with Crippen molar-refractivity contribution in [3.63, 3.8) is 0 Å². The zero-order valence-corrected chi connectivity index (χ0v) is 10.5. The van der Waals surface area contributed by atoms with Crippen LogP contribution in [0, 0.1) is 0 Å². The van der Waals surface area contributed by atoms with Crippen LogP contribution in [0.2, 0.25) is 5.02 Å². The molecule has 1 aliphatic carbocycles. The average molecular weight is 268 g/mol. The third kappa shape index (κ3) is 3.63. The second-order valence-electron chi connectivity index (χ2n) is 4.30. The van der Waals surface area contributed by atoms with E-state index in [0.29, 0.717) is 16.3 Å². The first-order valence-corrected chi connectivity index (χ1v) is 6.06. The van der Waals surface area contributed by atoms with E-state index in [0.717, 1.165) is 12.8 Å². The Morgan fingerprint density at radius 1 is 1.33 bits per heavy atom. The number of hydrogen-bond acceptors (Lipinski definition) is 3. The molecule has 0 saturated heterocycles. The monoisotopic (exact) mass is 267 g/mol. The van der Waals surface area contributed by atoms with E-state index < -0.39 is 0 Å². The molecule has 0 unspecified atom stereocenters. The van der Waals surface area contributed by atoms with E-state index in [1.165, 1.54) is 12.1 Å². The van der Waals surface area contributed by atoms with E-state index in [1.807, 2.05) is 0 Å². The summed E-state index contributed by atoms with van der Waals surface area (Å²) < 4.78 is 0. The van der Waals surface area contributed by atoms with Gasteiger partial charge in [0.05, 0.1) is 6.54 Å². The number of nitrogen functional groups attached to an aromatic ring is 1. The fraction of sp³-hybridized carbons (Fsp3) is 0.333. The largest absolute Gasteiger partial charge is 0.399 e. The van der Waals surface area contributed by atoms with Crippen LogP contribution in [-0.2, 0) is 4.79 Å². The lowest BCUT2D eigenvalue weighted by molar-refractivity contribution is -0.120. The SMILES string of the molecule is Nc1cc(Cl)cc(C(=O)NCC(=O)NC2CC2)c1. The number of carbonyl (C=O) groups is 2. The van der Waals surface area contributed by atoms with Gasteiger partial charge >= 0.3 is 0 Å². The van der Waals surface area contributed by atoms with Crippen LogP contribution in [0.4, 0.5) is 5.69 Å². The molecule has 0 radical (unpaired) electrons. The maximum atomic E-state index is 11.7. The minimum Gasteiger partial charge on any atom is -0.399 e. The van der Waals surface area contributed by atoms with Crippen LogP contribution in [0.5, 0.6) is 0 Å². The van der Waals surface area contributed by atoms with Gasteiger partial charge in [0.2, 0.25) is 5.91 Å². The maximum Gasteiger partial charge on any atom is 0.251 e. The molecule has 0 bridgehead atoms. The van der Waals surface area contributed by atoms with Gasteiger partial charge in [0.15, 0.2) is 0 Å². The van der Waals surface area contributed by atoms with Crippen molar-refractivity contribution in [2.24, 2.45) is 0 Å². The Labute approximate surface area is 110 Å². The van der Waals surface area contributed by atoms with Gasteiger partial charge < -0.3 is 16.4 Å². The second-order valence-corrected chi connectivity index (χ2v) is 4.73. The summed E-state index contributed by atoms with van der Waals surface area (Å²) in [5.74, 6) is -0.545. The van der Waals surface area contributed by atoms with Crippen LogP contribution in [0.3, 0.4) is 0 Å². The Balaban J connectivity index is 1.88. The number of rotatable bonds is 4. The van der Waals surface area contributed by atoms with Crippen molar-refractivity contribution in [1.29, 1.82) is 0 Å². The molecule has 5 nitrogen and oxygen atoms in total. The van der Waals surface area contributed by atoms with Crippen molar-refractivity contribution in [3.05, 3.63) is 28.8 Å². The van der Waals surface area contributed by atoms with Crippen LogP contribution in [0.25, 0.3) is 0 Å². The molecule has 0 spiro atoms. The fourth-order valence-corrected chi connectivity index (χ4v) is 1.76. The Morgan fingerprint density at radius 3 is 2.67 bits per heavy atom. The highest BCUT2D eigenvalue weighted by atomic mass is 35.5. The highest BCUT2D eigenvalue weighted by Gasteiger charge is 2.23. The zero-order chi connectivity index (χ0) is 13.1. The summed E-state index contributed by atoms with van der Waals surface area (Å²) in [5, 5.41) is 5.69. The van der Waals surface area contributed by atoms with Crippen molar-refractivity contribution in [2.45, 2.75) is 18.9 Å². The summed E-state index contributed by atoms with van der Waals surface area (Å²) in [6.45, 7) is -0.0399. The highest BCUT2D eigenvalue weighted by molar-refractivity contribution is 6.31. The Morgan fingerprint density at radius 2 is 2.06 bits per heavy atom. The number of nitrogens with two attached hydrogens (primary N) is 1. The van der Waals surface area contributed by atoms with Crippen LogP contribution in [-0.4, -0.2) is 24.4 Å². The number of benzene rings is 1. The van der Waals surface area contributed by atoms with E-state index in [9.17, 15) is 9.59 Å². The lowest BCUT2D eigenvalue weighted by atomic mass is 10.2. The summed E-state index contributed by atoms with van der Waals surface area (Å²) in [5.41, 5.74) is 6.34. The molecule has 4 N–H and O–H groups in total. The topological polar surface area (TPSA) is 84.2 Å². The fourth-order valence-electron chi connectivity index (χ4n) is 1.51. The van der Waals surface area contributed by atoms with Gasteiger partial charge in [0, 0.05) is 22.3 Å². The first kappa shape index (κ1) is 12.7. The molecule has 2 rings (SSSR count). The third-order valence-corrected chi connectivity index (χ3v) is 2.75. The summed E-state index contributed by atoms with van der Waals surface area (Å²) >= 11 is 5.79. The van der Waals surface area contributed by atoms with Crippen molar-refractivity contribution in [2.75, 3.05) is 12.3 Å². The van der Waals surface area contributed by atoms with E-state index in [4.69, 9.17) is 17.3 Å². The molecule has 1 aromatic carbocycles. The molecule has 96 valence electrons. The first-order chi connectivity index (χ1) is 8.54. The Hall–Kier alpha value is -1.75. The van der Waals surface area contributed by atoms with Gasteiger partial charge in [-0.15, -0.1) is 0 Å². The molecular formula is C12H14ClN3O2. The molecule has 1 aromatic rings. The van der Waals surface area contributed by atoms with Gasteiger partial charge in [0.25, 0.3) is 5.91 Å². The summed E-state index contributed by atoms with van der Waals surface area (Å²) in [6, 6.07) is 4.86. The molecule has 1 saturated carbocycles. The zero-order valence-electron chi connectivity index (χ0n) is 9.70. The van der Waals surface area contributed by atoms with E-state index in [-0.39, 0.29) is 24.4 Å². The molecular weight excluding hydrogens is 254 g/mol. The molecule has 2 amide bonds. The van der Waals surface area contributed by atoms with Gasteiger partial charge in [-0.3, -0.25) is 9.59 Å². The molecule has 6 heteroatoms. The smallest absolute Gasteiger partial charge is 0.251 e. The number of hydrogen-bond donors (Lipinski definition) is 3. The average Bonchev–Trinajstić information content (AvgIpc) is 3.08. The number of carbonyl (C=O) groups excluding carboxylic acids is 2. The van der Waals surface area contributed by atoms with Crippen molar-refractivity contribution in [3.8, 4) is 0 Å². The number of nitrogens with one attached hydrogen (secondary N) is 2. The second kappa shape index (κ2) is 5.27. The minimum atomic E-state index is -0.366. The van der Waals surface area contributed by atoms with Crippen molar-refractivity contribution in [1.82, 2.24) is 10.6 Å². The van der Waals surface area contributed by atoms with Crippen LogP contribution in [0.15, 0.2) is 18.2 Å². The van der Waals surface area contributed by atoms with Gasteiger partial charge in [0.1, 0.15) is 0 Å². The lowest BCUT2D eigenvalue weighted by Crippen LogP contribution is -2.37.